The summed E-state index contributed by atoms with van der Waals surface area (Å²) in [5.74, 6) is 0.278. The molecule has 0 bridgehead atoms. The van der Waals surface area contributed by atoms with Crippen molar-refractivity contribution in [3.63, 3.8) is 0 Å². The molecule has 3 aromatic rings. The van der Waals surface area contributed by atoms with Crippen LogP contribution in [0.5, 0.6) is 0 Å². The van der Waals surface area contributed by atoms with Gasteiger partial charge in [-0.2, -0.15) is 0 Å². The molecule has 142 valence electrons. The summed E-state index contributed by atoms with van der Waals surface area (Å²) in [5.41, 5.74) is 5.12. The van der Waals surface area contributed by atoms with Gasteiger partial charge in [0.25, 0.3) is 5.91 Å². The van der Waals surface area contributed by atoms with E-state index in [-0.39, 0.29) is 11.8 Å². The lowest BCUT2D eigenvalue weighted by molar-refractivity contribution is -0.114. The second-order valence-corrected chi connectivity index (χ2v) is 6.52. The van der Waals surface area contributed by atoms with E-state index in [1.54, 1.807) is 36.4 Å². The summed E-state index contributed by atoms with van der Waals surface area (Å²) in [7, 11) is 0. The molecule has 0 aliphatic rings. The minimum absolute atomic E-state index is 0.141. The third-order valence-electron chi connectivity index (χ3n) is 4.36. The number of nitrogens with zero attached hydrogens (tertiary/aromatic N) is 1. The van der Waals surface area contributed by atoms with Gasteiger partial charge in [-0.1, -0.05) is 12.1 Å². The predicted molar refractivity (Wildman–Crippen MR) is 112 cm³/mol. The molecule has 0 atom stereocenters. The number of carbonyl (C=O) groups is 2. The average molecular weight is 374 g/mol. The van der Waals surface area contributed by atoms with E-state index >= 15 is 0 Å². The Morgan fingerprint density at radius 3 is 2.14 bits per heavy atom. The molecule has 0 spiro atoms. The molecule has 0 saturated heterocycles. The van der Waals surface area contributed by atoms with Gasteiger partial charge in [0.15, 0.2) is 0 Å². The molecule has 0 unspecified atom stereocenters. The van der Waals surface area contributed by atoms with Crippen molar-refractivity contribution in [2.45, 2.75) is 20.8 Å². The maximum atomic E-state index is 12.4. The first kappa shape index (κ1) is 19.1. The highest BCUT2D eigenvalue weighted by molar-refractivity contribution is 6.04. The summed E-state index contributed by atoms with van der Waals surface area (Å²) in [6.07, 6.45) is 1.54. The zero-order valence-electron chi connectivity index (χ0n) is 16.0. The Labute approximate surface area is 164 Å². The molecular formula is C22H22N4O2. The van der Waals surface area contributed by atoms with Crippen molar-refractivity contribution in [2.75, 3.05) is 16.0 Å². The summed E-state index contributed by atoms with van der Waals surface area (Å²) >= 11 is 0. The molecule has 0 radical (unpaired) electrons. The molecule has 0 fully saturated rings. The lowest BCUT2D eigenvalue weighted by Gasteiger charge is -2.11. The molecule has 1 heterocycles. The largest absolute Gasteiger partial charge is 0.340 e. The molecule has 2 amide bonds. The standard InChI is InChI=1S/C22H22N4O2/c1-14-5-4-6-20(15(14)2)26-21-12-7-17(13-23-21)22(28)25-19-10-8-18(9-11-19)24-16(3)27/h4-13H,1-3H3,(H,23,26)(H,24,27)(H,25,28). The average Bonchev–Trinajstić information content (AvgIpc) is 2.67. The van der Waals surface area contributed by atoms with Gasteiger partial charge < -0.3 is 16.0 Å². The Morgan fingerprint density at radius 1 is 0.857 bits per heavy atom. The van der Waals surface area contributed by atoms with Crippen molar-refractivity contribution in [3.05, 3.63) is 77.5 Å². The maximum Gasteiger partial charge on any atom is 0.257 e. The predicted octanol–water partition coefficient (Wildman–Crippen LogP) is 4.65. The fourth-order valence-corrected chi connectivity index (χ4v) is 2.67. The lowest BCUT2D eigenvalue weighted by Crippen LogP contribution is -2.12. The number of hydrogen-bond donors (Lipinski definition) is 3. The van der Waals surface area contributed by atoms with E-state index in [1.807, 2.05) is 12.1 Å². The normalized spacial score (nSPS) is 10.2. The number of carbonyl (C=O) groups excluding carboxylic acids is 2. The van der Waals surface area contributed by atoms with Gasteiger partial charge >= 0.3 is 0 Å². The van der Waals surface area contributed by atoms with Gasteiger partial charge in [-0.05, 0) is 67.4 Å². The maximum absolute atomic E-state index is 12.4. The van der Waals surface area contributed by atoms with E-state index < -0.39 is 0 Å². The van der Waals surface area contributed by atoms with Crippen molar-refractivity contribution in [1.29, 1.82) is 0 Å². The number of amides is 2. The molecule has 3 N–H and O–H groups in total. The van der Waals surface area contributed by atoms with E-state index in [0.29, 0.717) is 22.8 Å². The monoisotopic (exact) mass is 374 g/mol. The highest BCUT2D eigenvalue weighted by Gasteiger charge is 2.08. The first-order valence-corrected chi connectivity index (χ1v) is 8.90. The minimum atomic E-state index is -0.252. The Bertz CT molecular complexity index is 996. The summed E-state index contributed by atoms with van der Waals surface area (Å²) < 4.78 is 0. The molecule has 0 saturated carbocycles. The minimum Gasteiger partial charge on any atom is -0.340 e. The topological polar surface area (TPSA) is 83.1 Å². The quantitative estimate of drug-likeness (QED) is 0.607. The third-order valence-corrected chi connectivity index (χ3v) is 4.36. The second-order valence-electron chi connectivity index (χ2n) is 6.52. The first-order chi connectivity index (χ1) is 13.4. The van der Waals surface area contributed by atoms with Gasteiger partial charge in [0.05, 0.1) is 5.56 Å². The molecule has 28 heavy (non-hydrogen) atoms. The summed E-state index contributed by atoms with van der Waals surface area (Å²) in [5, 5.41) is 8.77. The summed E-state index contributed by atoms with van der Waals surface area (Å²) in [6.45, 7) is 5.56. The number of anilines is 4. The van der Waals surface area contributed by atoms with Crippen LogP contribution in [-0.2, 0) is 4.79 Å². The van der Waals surface area contributed by atoms with Crippen LogP contribution in [0.2, 0.25) is 0 Å². The summed E-state index contributed by atoms with van der Waals surface area (Å²) in [6, 6.07) is 16.5. The zero-order chi connectivity index (χ0) is 20.1. The Balaban J connectivity index is 1.65. The fraction of sp³-hybridized carbons (Fsp3) is 0.136. The molecule has 0 aliphatic heterocycles. The molecule has 0 aliphatic carbocycles. The molecule has 6 nitrogen and oxygen atoms in total. The van der Waals surface area contributed by atoms with Gasteiger partial charge in [-0.3, -0.25) is 9.59 Å². The van der Waals surface area contributed by atoms with E-state index in [0.717, 1.165) is 11.3 Å². The van der Waals surface area contributed by atoms with Crippen molar-refractivity contribution in [3.8, 4) is 0 Å². The number of benzene rings is 2. The number of nitrogens with one attached hydrogen (secondary N) is 3. The van der Waals surface area contributed by atoms with Crippen LogP contribution < -0.4 is 16.0 Å². The Hall–Kier alpha value is -3.67. The van der Waals surface area contributed by atoms with Gasteiger partial charge in [0, 0.05) is 30.2 Å². The molecule has 3 rings (SSSR count). The van der Waals surface area contributed by atoms with E-state index in [2.05, 4.69) is 40.8 Å². The van der Waals surface area contributed by atoms with E-state index in [1.165, 1.54) is 18.7 Å². The van der Waals surface area contributed by atoms with Crippen LogP contribution in [-0.4, -0.2) is 16.8 Å². The van der Waals surface area contributed by atoms with Crippen molar-refractivity contribution in [2.24, 2.45) is 0 Å². The fourth-order valence-electron chi connectivity index (χ4n) is 2.67. The third kappa shape index (κ3) is 4.73. The highest BCUT2D eigenvalue weighted by atomic mass is 16.2. The van der Waals surface area contributed by atoms with Crippen molar-refractivity contribution >= 4 is 34.7 Å². The lowest BCUT2D eigenvalue weighted by atomic mass is 10.1. The van der Waals surface area contributed by atoms with Crippen LogP contribution in [0.25, 0.3) is 0 Å². The van der Waals surface area contributed by atoms with Crippen LogP contribution in [0.3, 0.4) is 0 Å². The van der Waals surface area contributed by atoms with Gasteiger partial charge in [-0.15, -0.1) is 0 Å². The SMILES string of the molecule is CC(=O)Nc1ccc(NC(=O)c2ccc(Nc3cccc(C)c3C)nc2)cc1. The van der Waals surface area contributed by atoms with Crippen LogP contribution in [0.4, 0.5) is 22.9 Å². The van der Waals surface area contributed by atoms with Crippen LogP contribution in [0.1, 0.15) is 28.4 Å². The number of hydrogen-bond acceptors (Lipinski definition) is 4. The van der Waals surface area contributed by atoms with Crippen molar-refractivity contribution < 1.29 is 9.59 Å². The molecule has 6 heteroatoms. The Kier molecular flexibility index (Phi) is 5.69. The highest BCUT2D eigenvalue weighted by Crippen LogP contribution is 2.22. The number of aromatic nitrogens is 1. The molecular weight excluding hydrogens is 352 g/mol. The second kappa shape index (κ2) is 8.35. The first-order valence-electron chi connectivity index (χ1n) is 8.90. The van der Waals surface area contributed by atoms with E-state index in [4.69, 9.17) is 0 Å². The van der Waals surface area contributed by atoms with E-state index in [9.17, 15) is 9.59 Å². The zero-order valence-corrected chi connectivity index (χ0v) is 16.0. The number of pyridine rings is 1. The van der Waals surface area contributed by atoms with Crippen LogP contribution in [0, 0.1) is 13.8 Å². The van der Waals surface area contributed by atoms with Gasteiger partial charge in [0.2, 0.25) is 5.91 Å². The van der Waals surface area contributed by atoms with Gasteiger partial charge in [0.1, 0.15) is 5.82 Å². The summed E-state index contributed by atoms with van der Waals surface area (Å²) in [4.78, 5) is 27.8. The van der Waals surface area contributed by atoms with Crippen molar-refractivity contribution in [1.82, 2.24) is 4.98 Å². The number of aryl methyl sites for hydroxylation is 1. The Morgan fingerprint density at radius 2 is 1.54 bits per heavy atom. The van der Waals surface area contributed by atoms with Crippen LogP contribution >= 0.6 is 0 Å². The number of rotatable bonds is 5. The smallest absolute Gasteiger partial charge is 0.257 e. The van der Waals surface area contributed by atoms with Gasteiger partial charge in [-0.25, -0.2) is 4.98 Å². The molecule has 1 aromatic heterocycles. The molecule has 2 aromatic carbocycles. The van der Waals surface area contributed by atoms with Crippen LogP contribution in [0.15, 0.2) is 60.8 Å².